The van der Waals surface area contributed by atoms with Gasteiger partial charge in [0.2, 0.25) is 11.8 Å². The van der Waals surface area contributed by atoms with Gasteiger partial charge >= 0.3 is 6.18 Å². The van der Waals surface area contributed by atoms with Crippen molar-refractivity contribution in [3.8, 4) is 0 Å². The van der Waals surface area contributed by atoms with Crippen LogP contribution in [0.2, 0.25) is 0 Å². The Balaban J connectivity index is 1.77. The summed E-state index contributed by atoms with van der Waals surface area (Å²) >= 11 is 3.92. The topological polar surface area (TPSA) is 75.2 Å². The van der Waals surface area contributed by atoms with Gasteiger partial charge in [-0.05, 0) is 18.6 Å². The van der Waals surface area contributed by atoms with Crippen molar-refractivity contribution in [2.45, 2.75) is 47.1 Å². The number of amides is 2. The van der Waals surface area contributed by atoms with Crippen molar-refractivity contribution in [1.29, 1.82) is 0 Å². The van der Waals surface area contributed by atoms with Crippen LogP contribution in [0, 0.1) is 0 Å². The maximum absolute atomic E-state index is 13.7. The molecule has 30 heavy (non-hydrogen) atoms. The maximum Gasteiger partial charge on any atom is 0.409 e. The molecule has 1 unspecified atom stereocenters. The van der Waals surface area contributed by atoms with Crippen molar-refractivity contribution >= 4 is 58.0 Å². The van der Waals surface area contributed by atoms with Crippen molar-refractivity contribution in [3.63, 3.8) is 0 Å². The number of thioether (sulfide) groups is 2. The summed E-state index contributed by atoms with van der Waals surface area (Å²) in [5, 5.41) is 10.5. The number of hydrogen-bond donors (Lipinski definition) is 1. The molecule has 1 atom stereocenters. The zero-order valence-electron chi connectivity index (χ0n) is 15.9. The van der Waals surface area contributed by atoms with E-state index in [4.69, 9.17) is 0 Å². The standard InChI is InChI=1S/C18H19F3N4O2S3/c1-2-3-8-28-16-23-24-17(30-16)29-10-15(27)25-12-7-5-4-6-11(12)22-14(26)9-13(25)18(19,20)21/h4-7,13H,2-3,8-10H2,1H3,(H,22,26). The molecule has 0 aliphatic carbocycles. The summed E-state index contributed by atoms with van der Waals surface area (Å²) < 4.78 is 42.4. The molecule has 2 heterocycles. The van der Waals surface area contributed by atoms with Crippen LogP contribution >= 0.6 is 34.9 Å². The Labute approximate surface area is 184 Å². The number of para-hydroxylation sites is 2. The number of unbranched alkanes of at least 4 members (excludes halogenated alkanes) is 1. The molecule has 0 fully saturated rings. The van der Waals surface area contributed by atoms with Gasteiger partial charge in [-0.2, -0.15) is 13.2 Å². The van der Waals surface area contributed by atoms with E-state index in [2.05, 4.69) is 22.4 Å². The molecule has 2 amide bonds. The second-order valence-electron chi connectivity index (χ2n) is 6.42. The molecule has 0 radical (unpaired) electrons. The van der Waals surface area contributed by atoms with Crippen LogP contribution in [-0.2, 0) is 9.59 Å². The molecule has 1 aromatic carbocycles. The quantitative estimate of drug-likeness (QED) is 0.456. The smallest absolute Gasteiger partial charge is 0.324 e. The highest BCUT2D eigenvalue weighted by atomic mass is 32.2. The number of halogens is 3. The molecule has 1 aliphatic heterocycles. The number of benzene rings is 1. The van der Waals surface area contributed by atoms with Gasteiger partial charge in [-0.1, -0.05) is 60.3 Å². The number of nitrogens with one attached hydrogen (secondary N) is 1. The van der Waals surface area contributed by atoms with Gasteiger partial charge in [0.1, 0.15) is 6.04 Å². The number of aromatic nitrogens is 2. The van der Waals surface area contributed by atoms with E-state index in [1.165, 1.54) is 29.5 Å². The predicted molar refractivity (Wildman–Crippen MR) is 113 cm³/mol. The van der Waals surface area contributed by atoms with Crippen LogP contribution in [0.4, 0.5) is 24.5 Å². The minimum atomic E-state index is -4.75. The van der Waals surface area contributed by atoms with Crippen LogP contribution in [0.5, 0.6) is 0 Å². The molecule has 0 spiro atoms. The first-order valence-corrected chi connectivity index (χ1v) is 11.9. The lowest BCUT2D eigenvalue weighted by Gasteiger charge is -2.31. The first-order valence-electron chi connectivity index (χ1n) is 9.16. The van der Waals surface area contributed by atoms with Crippen LogP contribution in [-0.4, -0.2) is 45.7 Å². The van der Waals surface area contributed by atoms with Gasteiger partial charge in [0.05, 0.1) is 23.5 Å². The predicted octanol–water partition coefficient (Wildman–Crippen LogP) is 4.83. The molecule has 162 valence electrons. The first kappa shape index (κ1) is 22.9. The third-order valence-corrected chi connectivity index (χ3v) is 7.47. The summed E-state index contributed by atoms with van der Waals surface area (Å²) in [6.07, 6.45) is -3.49. The van der Waals surface area contributed by atoms with Gasteiger partial charge in [0, 0.05) is 5.75 Å². The van der Waals surface area contributed by atoms with Crippen molar-refractivity contribution in [3.05, 3.63) is 24.3 Å². The second-order valence-corrected chi connectivity index (χ2v) is 9.96. The van der Waals surface area contributed by atoms with E-state index in [0.29, 0.717) is 9.24 Å². The fraction of sp³-hybridized carbons (Fsp3) is 0.444. The van der Waals surface area contributed by atoms with Crippen LogP contribution in [0.15, 0.2) is 32.9 Å². The van der Waals surface area contributed by atoms with E-state index >= 15 is 0 Å². The number of nitrogens with zero attached hydrogens (tertiary/aromatic N) is 3. The average molecular weight is 477 g/mol. The fourth-order valence-electron chi connectivity index (χ4n) is 2.81. The first-order chi connectivity index (χ1) is 14.3. The summed E-state index contributed by atoms with van der Waals surface area (Å²) in [6, 6.07) is 3.76. The van der Waals surface area contributed by atoms with E-state index < -0.39 is 30.5 Å². The highest BCUT2D eigenvalue weighted by Crippen LogP contribution is 2.38. The van der Waals surface area contributed by atoms with Crippen molar-refractivity contribution in [2.75, 3.05) is 21.7 Å². The Morgan fingerprint density at radius 3 is 2.67 bits per heavy atom. The highest BCUT2D eigenvalue weighted by Gasteiger charge is 2.48. The number of carbonyl (C=O) groups excluding carboxylic acids is 2. The van der Waals surface area contributed by atoms with Crippen LogP contribution < -0.4 is 10.2 Å². The number of alkyl halides is 3. The summed E-state index contributed by atoms with van der Waals surface area (Å²) in [6.45, 7) is 2.09. The molecule has 12 heteroatoms. The Hall–Kier alpha value is -1.79. The number of rotatable bonds is 7. The molecule has 3 rings (SSSR count). The molecule has 1 N–H and O–H groups in total. The van der Waals surface area contributed by atoms with Gasteiger partial charge in [0.15, 0.2) is 8.68 Å². The summed E-state index contributed by atoms with van der Waals surface area (Å²) in [5.41, 5.74) is 0.211. The molecule has 1 aliphatic rings. The van der Waals surface area contributed by atoms with Gasteiger partial charge in [0.25, 0.3) is 0 Å². The molecule has 2 aromatic rings. The number of hydrogen-bond acceptors (Lipinski definition) is 7. The summed E-state index contributed by atoms with van der Waals surface area (Å²) in [5.74, 6) is -0.871. The van der Waals surface area contributed by atoms with E-state index in [1.54, 1.807) is 17.8 Å². The van der Waals surface area contributed by atoms with Crippen LogP contribution in [0.3, 0.4) is 0 Å². The lowest BCUT2D eigenvalue weighted by Crippen LogP contribution is -2.50. The van der Waals surface area contributed by atoms with Gasteiger partial charge in [-0.3, -0.25) is 14.5 Å². The number of fused-ring (bicyclic) bond motifs is 1. The second kappa shape index (κ2) is 10.0. The Morgan fingerprint density at radius 1 is 1.27 bits per heavy atom. The highest BCUT2D eigenvalue weighted by molar-refractivity contribution is 8.03. The van der Waals surface area contributed by atoms with Gasteiger partial charge in [-0.15, -0.1) is 10.2 Å². The van der Waals surface area contributed by atoms with Gasteiger partial charge < -0.3 is 5.32 Å². The SMILES string of the molecule is CCCCSc1nnc(SCC(=O)N2c3ccccc3NC(=O)CC2C(F)(F)F)s1. The van der Waals surface area contributed by atoms with Crippen molar-refractivity contribution < 1.29 is 22.8 Å². The molecule has 1 aromatic heterocycles. The molecule has 0 saturated carbocycles. The van der Waals surface area contributed by atoms with Crippen LogP contribution in [0.1, 0.15) is 26.2 Å². The Kier molecular flexibility index (Phi) is 7.64. The van der Waals surface area contributed by atoms with E-state index in [-0.39, 0.29) is 17.1 Å². The molecular formula is C18H19F3N4O2S3. The summed E-state index contributed by atoms with van der Waals surface area (Å²) in [4.78, 5) is 25.6. The van der Waals surface area contributed by atoms with Crippen molar-refractivity contribution in [1.82, 2.24) is 10.2 Å². The molecule has 6 nitrogen and oxygen atoms in total. The molecular weight excluding hydrogens is 457 g/mol. The number of carbonyl (C=O) groups is 2. The Morgan fingerprint density at radius 2 is 1.97 bits per heavy atom. The van der Waals surface area contributed by atoms with E-state index in [9.17, 15) is 22.8 Å². The average Bonchev–Trinajstić information content (AvgIpc) is 3.07. The summed E-state index contributed by atoms with van der Waals surface area (Å²) in [7, 11) is 0. The minimum absolute atomic E-state index is 0.0318. The minimum Gasteiger partial charge on any atom is -0.324 e. The van der Waals surface area contributed by atoms with E-state index in [0.717, 1.165) is 34.7 Å². The molecule has 0 bridgehead atoms. The van der Waals surface area contributed by atoms with Crippen molar-refractivity contribution in [2.24, 2.45) is 0 Å². The third-order valence-electron chi connectivity index (χ3n) is 4.21. The molecule has 0 saturated heterocycles. The zero-order chi connectivity index (χ0) is 21.7. The Bertz CT molecular complexity index is 907. The lowest BCUT2D eigenvalue weighted by molar-refractivity contribution is -0.157. The monoisotopic (exact) mass is 476 g/mol. The normalized spacial score (nSPS) is 16.7. The largest absolute Gasteiger partial charge is 0.409 e. The van der Waals surface area contributed by atoms with Gasteiger partial charge in [-0.25, -0.2) is 0 Å². The van der Waals surface area contributed by atoms with Crippen LogP contribution in [0.25, 0.3) is 0 Å². The van der Waals surface area contributed by atoms with E-state index in [1.807, 2.05) is 0 Å². The number of anilines is 2. The zero-order valence-corrected chi connectivity index (χ0v) is 18.4. The fourth-order valence-corrected chi connectivity index (χ4v) is 5.84. The maximum atomic E-state index is 13.7. The lowest BCUT2D eigenvalue weighted by atomic mass is 10.1. The third kappa shape index (κ3) is 5.67.